The first kappa shape index (κ1) is 17.2. The van der Waals surface area contributed by atoms with Crippen LogP contribution >= 0.6 is 0 Å². The second-order valence-electron chi connectivity index (χ2n) is 6.36. The van der Waals surface area contributed by atoms with Crippen LogP contribution in [0.1, 0.15) is 27.7 Å². The zero-order valence-corrected chi connectivity index (χ0v) is 14.5. The molecule has 0 aromatic heterocycles. The summed E-state index contributed by atoms with van der Waals surface area (Å²) in [6.07, 6.45) is 0. The number of nitrogens with zero attached hydrogens (tertiary/aromatic N) is 2. The van der Waals surface area contributed by atoms with Crippen molar-refractivity contribution in [3.05, 3.63) is 0 Å². The van der Waals surface area contributed by atoms with Gasteiger partial charge in [-0.3, -0.25) is 9.59 Å². The van der Waals surface area contributed by atoms with Crippen LogP contribution in [0.3, 0.4) is 0 Å². The van der Waals surface area contributed by atoms with E-state index in [4.69, 9.17) is 0 Å². The highest BCUT2D eigenvalue weighted by molar-refractivity contribution is 7.93. The van der Waals surface area contributed by atoms with Crippen molar-refractivity contribution in [3.63, 3.8) is 0 Å². The Bertz CT molecular complexity index is 648. The summed E-state index contributed by atoms with van der Waals surface area (Å²) in [6, 6.07) is 0. The Morgan fingerprint density at radius 2 is 1.05 bits per heavy atom. The van der Waals surface area contributed by atoms with Crippen LogP contribution in [0.4, 0.5) is 0 Å². The van der Waals surface area contributed by atoms with Crippen LogP contribution in [0, 0.1) is 11.8 Å². The smallest absolute Gasteiger partial charge is 0.257 e. The normalized spacial score (nSPS) is 30.8. The van der Waals surface area contributed by atoms with Crippen LogP contribution in [0.5, 0.6) is 0 Å². The molecule has 0 spiro atoms. The van der Waals surface area contributed by atoms with Crippen molar-refractivity contribution in [2.75, 3.05) is 11.5 Å². The molecule has 126 valence electrons. The SMILES string of the molecule is CC(C)[C@@H]1N(N2C(=O)CS(=O)(=O)[C@@H]2C(C)C)C(=O)CS1(=O)=O. The van der Waals surface area contributed by atoms with Crippen LogP contribution in [0.25, 0.3) is 0 Å². The maximum absolute atomic E-state index is 12.2. The molecule has 0 unspecified atom stereocenters. The van der Waals surface area contributed by atoms with Crippen molar-refractivity contribution >= 4 is 31.5 Å². The van der Waals surface area contributed by atoms with Gasteiger partial charge < -0.3 is 0 Å². The Hall–Kier alpha value is -1.16. The summed E-state index contributed by atoms with van der Waals surface area (Å²) in [7, 11) is -7.49. The summed E-state index contributed by atoms with van der Waals surface area (Å²) in [5, 5.41) is -0.702. The molecule has 8 nitrogen and oxygen atoms in total. The van der Waals surface area contributed by atoms with Gasteiger partial charge in [-0.15, -0.1) is 0 Å². The van der Waals surface area contributed by atoms with E-state index in [2.05, 4.69) is 0 Å². The Balaban J connectivity index is 2.57. The largest absolute Gasteiger partial charge is 0.272 e. The Morgan fingerprint density at radius 1 is 0.773 bits per heavy atom. The highest BCUT2D eigenvalue weighted by Crippen LogP contribution is 2.34. The lowest BCUT2D eigenvalue weighted by Crippen LogP contribution is -2.56. The van der Waals surface area contributed by atoms with E-state index in [-0.39, 0.29) is 0 Å². The lowest BCUT2D eigenvalue weighted by atomic mass is 10.2. The van der Waals surface area contributed by atoms with Gasteiger partial charge in [0.2, 0.25) is 0 Å². The second-order valence-corrected chi connectivity index (χ2v) is 10.6. The molecular formula is C12H20N2O6S2. The Labute approximate surface area is 130 Å². The fraction of sp³-hybridized carbons (Fsp3) is 0.833. The van der Waals surface area contributed by atoms with E-state index in [0.29, 0.717) is 0 Å². The van der Waals surface area contributed by atoms with Crippen LogP contribution < -0.4 is 0 Å². The lowest BCUT2D eigenvalue weighted by molar-refractivity contribution is -0.163. The van der Waals surface area contributed by atoms with Gasteiger partial charge >= 0.3 is 0 Å². The van der Waals surface area contributed by atoms with Gasteiger partial charge in [0.25, 0.3) is 11.8 Å². The molecule has 2 heterocycles. The molecule has 2 rings (SSSR count). The number of sulfone groups is 2. The number of amides is 2. The number of hydrogen-bond donors (Lipinski definition) is 0. The average Bonchev–Trinajstić information content (AvgIpc) is 2.66. The third kappa shape index (κ3) is 2.51. The highest BCUT2D eigenvalue weighted by Gasteiger charge is 2.56. The van der Waals surface area contributed by atoms with Crippen molar-refractivity contribution in [1.82, 2.24) is 10.0 Å². The molecule has 2 aliphatic rings. The average molecular weight is 352 g/mol. The van der Waals surface area contributed by atoms with Crippen LogP contribution in [0.15, 0.2) is 0 Å². The summed E-state index contributed by atoms with van der Waals surface area (Å²) >= 11 is 0. The fourth-order valence-electron chi connectivity index (χ4n) is 3.12. The molecule has 10 heteroatoms. The van der Waals surface area contributed by atoms with Crippen LogP contribution in [-0.4, -0.2) is 60.9 Å². The minimum absolute atomic E-state index is 0.458. The molecular weight excluding hydrogens is 332 g/mol. The van der Waals surface area contributed by atoms with E-state index < -0.39 is 65.6 Å². The molecule has 2 atom stereocenters. The molecule has 0 saturated carbocycles. The summed E-state index contributed by atoms with van der Waals surface area (Å²) in [5.41, 5.74) is 0. The van der Waals surface area contributed by atoms with Crippen molar-refractivity contribution in [3.8, 4) is 0 Å². The van der Waals surface area contributed by atoms with Crippen molar-refractivity contribution < 1.29 is 26.4 Å². The van der Waals surface area contributed by atoms with Crippen molar-refractivity contribution in [1.29, 1.82) is 0 Å². The highest BCUT2D eigenvalue weighted by atomic mass is 32.2. The lowest BCUT2D eigenvalue weighted by Gasteiger charge is -2.37. The molecule has 0 bridgehead atoms. The number of hydrazine groups is 1. The van der Waals surface area contributed by atoms with Crippen LogP contribution in [0.2, 0.25) is 0 Å². The molecule has 2 aliphatic heterocycles. The first-order valence-corrected chi connectivity index (χ1v) is 10.4. The van der Waals surface area contributed by atoms with E-state index in [1.807, 2.05) is 0 Å². The molecule has 0 aromatic carbocycles. The predicted octanol–water partition coefficient (Wildman–Crippen LogP) is -0.620. The number of carbonyl (C=O) groups excluding carboxylic acids is 2. The molecule has 2 amide bonds. The van der Waals surface area contributed by atoms with Crippen molar-refractivity contribution in [2.45, 2.75) is 38.4 Å². The van der Waals surface area contributed by atoms with E-state index in [0.717, 1.165) is 10.0 Å². The quantitative estimate of drug-likeness (QED) is 0.670. The molecule has 0 N–H and O–H groups in total. The van der Waals surface area contributed by atoms with Gasteiger partial charge in [0.15, 0.2) is 30.4 Å². The van der Waals surface area contributed by atoms with Gasteiger partial charge in [-0.25, -0.2) is 26.9 Å². The monoisotopic (exact) mass is 352 g/mol. The minimum Gasteiger partial charge on any atom is -0.272 e. The molecule has 2 saturated heterocycles. The Kier molecular flexibility index (Phi) is 4.06. The zero-order chi connectivity index (χ0) is 17.0. The summed E-state index contributed by atoms with van der Waals surface area (Å²) in [5.74, 6) is -3.83. The van der Waals surface area contributed by atoms with Gasteiger partial charge in [0.1, 0.15) is 11.5 Å². The third-order valence-corrected chi connectivity index (χ3v) is 8.01. The fourth-order valence-corrected chi connectivity index (χ4v) is 7.11. The van der Waals surface area contributed by atoms with Gasteiger partial charge in [-0.05, 0) is 11.8 Å². The first-order valence-electron chi connectivity index (χ1n) is 6.97. The third-order valence-electron chi connectivity index (χ3n) is 3.75. The molecule has 0 aromatic rings. The van der Waals surface area contributed by atoms with E-state index in [1.54, 1.807) is 27.7 Å². The number of rotatable bonds is 3. The van der Waals surface area contributed by atoms with Gasteiger partial charge in [0, 0.05) is 0 Å². The van der Waals surface area contributed by atoms with E-state index >= 15 is 0 Å². The predicted molar refractivity (Wildman–Crippen MR) is 78.5 cm³/mol. The molecule has 0 radical (unpaired) electrons. The van der Waals surface area contributed by atoms with Crippen LogP contribution in [-0.2, 0) is 29.3 Å². The summed E-state index contributed by atoms with van der Waals surface area (Å²) in [6.45, 7) is 6.47. The topological polar surface area (TPSA) is 109 Å². The molecule has 22 heavy (non-hydrogen) atoms. The Morgan fingerprint density at radius 3 is 1.27 bits per heavy atom. The summed E-state index contributed by atoms with van der Waals surface area (Å²) < 4.78 is 48.7. The first-order chi connectivity index (χ1) is 9.90. The summed E-state index contributed by atoms with van der Waals surface area (Å²) in [4.78, 5) is 24.3. The minimum atomic E-state index is -3.74. The van der Waals surface area contributed by atoms with E-state index in [1.165, 1.54) is 0 Å². The van der Waals surface area contributed by atoms with Gasteiger partial charge in [0.05, 0.1) is 0 Å². The number of hydrogen-bond acceptors (Lipinski definition) is 6. The number of carbonyl (C=O) groups is 2. The maximum atomic E-state index is 12.2. The van der Waals surface area contributed by atoms with Crippen molar-refractivity contribution in [2.24, 2.45) is 11.8 Å². The standard InChI is InChI=1S/C12H20N2O6S2/c1-7(2)11-13(9(15)5-21(11,17)18)14-10(16)6-22(19,20)12(14)8(3)4/h7-8,11-12H,5-6H2,1-4H3/t11-,12-/m1/s1. The van der Waals surface area contributed by atoms with Gasteiger partial charge in [-0.2, -0.15) is 0 Å². The second kappa shape index (κ2) is 5.19. The van der Waals surface area contributed by atoms with E-state index in [9.17, 15) is 26.4 Å². The molecule has 2 fully saturated rings. The van der Waals surface area contributed by atoms with Gasteiger partial charge in [-0.1, -0.05) is 27.7 Å². The molecule has 0 aliphatic carbocycles. The zero-order valence-electron chi connectivity index (χ0n) is 12.9. The maximum Gasteiger partial charge on any atom is 0.257 e.